The normalized spacial score (nSPS) is 10.9. The van der Waals surface area contributed by atoms with E-state index in [1.807, 2.05) is 50.2 Å². The largest absolute Gasteiger partial charge is 0.495 e. The van der Waals surface area contributed by atoms with Gasteiger partial charge in [0.05, 0.1) is 24.8 Å². The molecule has 0 saturated carbocycles. The van der Waals surface area contributed by atoms with Gasteiger partial charge in [0.2, 0.25) is 0 Å². The van der Waals surface area contributed by atoms with Gasteiger partial charge in [0.15, 0.2) is 0 Å². The van der Waals surface area contributed by atoms with Crippen molar-refractivity contribution in [3.05, 3.63) is 75.4 Å². The molecule has 2 aromatic carbocycles. The monoisotopic (exact) mass is 467 g/mol. The number of nitrogens with one attached hydrogen (secondary N) is 1. The standard InChI is InChI=1S/C24H22ClN3O3S/c1-14-11-18(19(30-3)12-17(14)25)28-22-20-15(2)21(32-23(20)27-13-26-22)24(29)31-10-9-16-7-5-4-6-8-16/h4-8,11-13H,9-10H2,1-3H3,(H,26,27,28). The van der Waals surface area contributed by atoms with Crippen LogP contribution in [0.3, 0.4) is 0 Å². The summed E-state index contributed by atoms with van der Waals surface area (Å²) in [5.41, 5.74) is 3.54. The van der Waals surface area contributed by atoms with Crippen LogP contribution in [0.5, 0.6) is 5.75 Å². The van der Waals surface area contributed by atoms with E-state index in [0.717, 1.165) is 27.8 Å². The highest BCUT2D eigenvalue weighted by atomic mass is 35.5. The molecule has 0 spiro atoms. The molecule has 6 nitrogen and oxygen atoms in total. The Morgan fingerprint density at radius 1 is 1.16 bits per heavy atom. The molecule has 0 aliphatic heterocycles. The van der Waals surface area contributed by atoms with E-state index < -0.39 is 0 Å². The van der Waals surface area contributed by atoms with Gasteiger partial charge in [-0.15, -0.1) is 11.3 Å². The van der Waals surface area contributed by atoms with Gasteiger partial charge in [-0.05, 0) is 36.6 Å². The van der Waals surface area contributed by atoms with E-state index in [-0.39, 0.29) is 5.97 Å². The smallest absolute Gasteiger partial charge is 0.348 e. The number of ether oxygens (including phenoxy) is 2. The molecule has 2 heterocycles. The van der Waals surface area contributed by atoms with Gasteiger partial charge in [-0.2, -0.15) is 0 Å². The SMILES string of the molecule is COc1cc(Cl)c(C)cc1Nc1ncnc2sc(C(=O)OCCc3ccccc3)c(C)c12. The molecule has 8 heteroatoms. The van der Waals surface area contributed by atoms with Gasteiger partial charge < -0.3 is 14.8 Å². The number of aromatic nitrogens is 2. The number of esters is 1. The van der Waals surface area contributed by atoms with E-state index in [0.29, 0.717) is 39.3 Å². The van der Waals surface area contributed by atoms with Crippen LogP contribution in [0.25, 0.3) is 10.2 Å². The molecule has 32 heavy (non-hydrogen) atoms. The van der Waals surface area contributed by atoms with Crippen LogP contribution in [-0.2, 0) is 11.2 Å². The van der Waals surface area contributed by atoms with Crippen molar-refractivity contribution in [1.29, 1.82) is 0 Å². The second-order valence-corrected chi connectivity index (χ2v) is 8.66. The summed E-state index contributed by atoms with van der Waals surface area (Å²) in [5, 5.41) is 4.71. The van der Waals surface area contributed by atoms with E-state index in [1.54, 1.807) is 13.2 Å². The predicted molar refractivity (Wildman–Crippen MR) is 129 cm³/mol. The van der Waals surface area contributed by atoms with Gasteiger partial charge in [0.25, 0.3) is 0 Å². The van der Waals surface area contributed by atoms with Gasteiger partial charge in [-0.3, -0.25) is 0 Å². The third-order valence-corrected chi connectivity index (χ3v) is 6.70. The van der Waals surface area contributed by atoms with Crippen molar-refractivity contribution in [2.45, 2.75) is 20.3 Å². The third-order valence-electron chi connectivity index (χ3n) is 5.11. The zero-order valence-corrected chi connectivity index (χ0v) is 19.5. The van der Waals surface area contributed by atoms with Crippen molar-refractivity contribution in [3.8, 4) is 5.75 Å². The van der Waals surface area contributed by atoms with Crippen molar-refractivity contribution in [3.63, 3.8) is 0 Å². The van der Waals surface area contributed by atoms with E-state index in [1.165, 1.54) is 17.7 Å². The van der Waals surface area contributed by atoms with Crippen molar-refractivity contribution in [2.75, 3.05) is 19.0 Å². The number of thiophene rings is 1. The number of halogens is 1. The van der Waals surface area contributed by atoms with Crippen LogP contribution in [0, 0.1) is 13.8 Å². The Hall–Kier alpha value is -3.16. The first-order valence-corrected chi connectivity index (χ1v) is 11.2. The van der Waals surface area contributed by atoms with Crippen molar-refractivity contribution < 1.29 is 14.3 Å². The van der Waals surface area contributed by atoms with Crippen molar-refractivity contribution >= 4 is 50.6 Å². The van der Waals surface area contributed by atoms with Crippen LogP contribution in [0.1, 0.15) is 26.4 Å². The second kappa shape index (κ2) is 9.54. The summed E-state index contributed by atoms with van der Waals surface area (Å²) in [6.45, 7) is 4.11. The molecule has 0 aliphatic rings. The van der Waals surface area contributed by atoms with Crippen molar-refractivity contribution in [2.24, 2.45) is 0 Å². The molecule has 1 N–H and O–H groups in total. The molecule has 0 bridgehead atoms. The molecular weight excluding hydrogens is 446 g/mol. The fourth-order valence-electron chi connectivity index (χ4n) is 3.39. The Kier molecular flexibility index (Phi) is 6.58. The summed E-state index contributed by atoms with van der Waals surface area (Å²) in [7, 11) is 1.58. The molecule has 0 aliphatic carbocycles. The zero-order chi connectivity index (χ0) is 22.7. The number of rotatable bonds is 7. The van der Waals surface area contributed by atoms with Crippen LogP contribution in [0.4, 0.5) is 11.5 Å². The Morgan fingerprint density at radius 3 is 2.69 bits per heavy atom. The number of benzene rings is 2. The number of anilines is 2. The first-order valence-electron chi connectivity index (χ1n) is 10.0. The van der Waals surface area contributed by atoms with Crippen LogP contribution in [0.2, 0.25) is 5.02 Å². The number of hydrogen-bond acceptors (Lipinski definition) is 7. The fourth-order valence-corrected chi connectivity index (χ4v) is 4.59. The highest BCUT2D eigenvalue weighted by Crippen LogP contribution is 2.38. The fraction of sp³-hybridized carbons (Fsp3) is 0.208. The quantitative estimate of drug-likeness (QED) is 0.330. The molecule has 0 unspecified atom stereocenters. The molecule has 0 amide bonds. The van der Waals surface area contributed by atoms with E-state index in [2.05, 4.69) is 15.3 Å². The Labute approximate surface area is 195 Å². The summed E-state index contributed by atoms with van der Waals surface area (Å²) < 4.78 is 11.0. The minimum absolute atomic E-state index is 0.314. The summed E-state index contributed by atoms with van der Waals surface area (Å²) in [5.74, 6) is 0.834. The highest BCUT2D eigenvalue weighted by Gasteiger charge is 2.21. The lowest BCUT2D eigenvalue weighted by Gasteiger charge is -2.13. The van der Waals surface area contributed by atoms with E-state index in [9.17, 15) is 4.79 Å². The molecule has 0 radical (unpaired) electrons. The van der Waals surface area contributed by atoms with Gasteiger partial charge in [-0.25, -0.2) is 14.8 Å². The summed E-state index contributed by atoms with van der Waals surface area (Å²) >= 11 is 7.52. The third kappa shape index (κ3) is 4.54. The Morgan fingerprint density at radius 2 is 1.94 bits per heavy atom. The molecule has 0 saturated heterocycles. The highest BCUT2D eigenvalue weighted by molar-refractivity contribution is 7.20. The summed E-state index contributed by atoms with van der Waals surface area (Å²) in [4.78, 5) is 22.8. The molecule has 0 atom stereocenters. The van der Waals surface area contributed by atoms with E-state index >= 15 is 0 Å². The van der Waals surface area contributed by atoms with Crippen LogP contribution >= 0.6 is 22.9 Å². The molecule has 164 valence electrons. The summed E-state index contributed by atoms with van der Waals surface area (Å²) in [6, 6.07) is 13.6. The van der Waals surface area contributed by atoms with E-state index in [4.69, 9.17) is 21.1 Å². The summed E-state index contributed by atoms with van der Waals surface area (Å²) in [6.07, 6.45) is 2.14. The number of carbonyl (C=O) groups is 1. The minimum Gasteiger partial charge on any atom is -0.495 e. The number of aryl methyl sites for hydroxylation is 2. The lowest BCUT2D eigenvalue weighted by atomic mass is 10.1. The van der Waals surface area contributed by atoms with Crippen LogP contribution < -0.4 is 10.1 Å². The Balaban J connectivity index is 1.59. The minimum atomic E-state index is -0.354. The molecule has 2 aromatic heterocycles. The molecule has 4 rings (SSSR count). The number of hydrogen-bond donors (Lipinski definition) is 1. The number of nitrogens with zero attached hydrogens (tertiary/aromatic N) is 2. The second-order valence-electron chi connectivity index (χ2n) is 7.26. The van der Waals surface area contributed by atoms with Crippen LogP contribution in [0.15, 0.2) is 48.8 Å². The maximum Gasteiger partial charge on any atom is 0.348 e. The first kappa shape index (κ1) is 22.0. The molecule has 4 aromatic rings. The number of fused-ring (bicyclic) bond motifs is 1. The van der Waals surface area contributed by atoms with Gasteiger partial charge >= 0.3 is 5.97 Å². The lowest BCUT2D eigenvalue weighted by Crippen LogP contribution is -2.07. The average molecular weight is 468 g/mol. The average Bonchev–Trinajstić information content (AvgIpc) is 3.14. The molecule has 0 fully saturated rings. The topological polar surface area (TPSA) is 73.3 Å². The van der Waals surface area contributed by atoms with Crippen LogP contribution in [-0.4, -0.2) is 29.7 Å². The number of carbonyl (C=O) groups excluding carboxylic acids is 1. The van der Waals surface area contributed by atoms with Crippen molar-refractivity contribution in [1.82, 2.24) is 9.97 Å². The maximum atomic E-state index is 12.8. The molecular formula is C24H22ClN3O3S. The van der Waals surface area contributed by atoms with Gasteiger partial charge in [0, 0.05) is 17.5 Å². The van der Waals surface area contributed by atoms with Gasteiger partial charge in [0.1, 0.15) is 27.6 Å². The van der Waals surface area contributed by atoms with Gasteiger partial charge in [-0.1, -0.05) is 41.9 Å². The lowest BCUT2D eigenvalue weighted by molar-refractivity contribution is 0.0514. The Bertz CT molecular complexity index is 1270. The first-order chi connectivity index (χ1) is 15.5. The zero-order valence-electron chi connectivity index (χ0n) is 17.9. The number of methoxy groups -OCH3 is 1. The maximum absolute atomic E-state index is 12.8. The predicted octanol–water partition coefficient (Wildman–Crippen LogP) is 6.11.